The van der Waals surface area contributed by atoms with Gasteiger partial charge in [0.2, 0.25) is 5.91 Å². The van der Waals surface area contributed by atoms with E-state index < -0.39 is 18.1 Å². The minimum atomic E-state index is -4.33. The van der Waals surface area contributed by atoms with Crippen LogP contribution in [0.2, 0.25) is 0 Å². The van der Waals surface area contributed by atoms with Crippen molar-refractivity contribution in [2.24, 2.45) is 5.41 Å². The van der Waals surface area contributed by atoms with E-state index in [0.717, 1.165) is 11.3 Å². The quantitative estimate of drug-likeness (QED) is 0.811. The Labute approximate surface area is 112 Å². The molecule has 1 N–H and O–H groups in total. The summed E-state index contributed by atoms with van der Waals surface area (Å²) in [4.78, 5) is 13.5. The lowest BCUT2D eigenvalue weighted by Gasteiger charge is -2.34. The first kappa shape index (κ1) is 16.3. The zero-order valence-electron chi connectivity index (χ0n) is 11.6. The molecule has 1 rings (SSSR count). The normalized spacial score (nSPS) is 23.6. The van der Waals surface area contributed by atoms with Crippen LogP contribution in [-0.2, 0) is 4.79 Å². The topological polar surface area (TPSA) is 32.3 Å². The molecule has 1 fully saturated rings. The molecule has 6 heteroatoms. The number of halogens is 3. The van der Waals surface area contributed by atoms with Gasteiger partial charge in [0.15, 0.2) is 0 Å². The molecule has 1 amide bonds. The standard InChI is InChI=1S/C13H23F3N2O/c1-3-5-12(6-7-17-9-12)11(19)18(8-4-2)10-13(14,15)16/h17H,3-10H2,1-2H3. The van der Waals surface area contributed by atoms with Gasteiger partial charge in [0, 0.05) is 13.1 Å². The second-order valence-corrected chi connectivity index (χ2v) is 5.30. The van der Waals surface area contributed by atoms with Crippen molar-refractivity contribution in [2.45, 2.75) is 45.7 Å². The van der Waals surface area contributed by atoms with E-state index in [-0.39, 0.29) is 12.5 Å². The molecule has 1 atom stereocenters. The van der Waals surface area contributed by atoms with E-state index in [2.05, 4.69) is 5.32 Å². The molecular weight excluding hydrogens is 257 g/mol. The third kappa shape index (κ3) is 4.37. The van der Waals surface area contributed by atoms with Crippen LogP contribution in [0.3, 0.4) is 0 Å². The Kier molecular flexibility index (Phi) is 5.64. The van der Waals surface area contributed by atoms with Gasteiger partial charge in [-0.1, -0.05) is 20.3 Å². The molecule has 1 aliphatic rings. The SMILES string of the molecule is CCCN(CC(F)(F)F)C(=O)C1(CCC)CCNC1. The maximum absolute atomic E-state index is 12.6. The molecule has 112 valence electrons. The average molecular weight is 280 g/mol. The Morgan fingerprint density at radius 1 is 1.32 bits per heavy atom. The van der Waals surface area contributed by atoms with Gasteiger partial charge in [-0.3, -0.25) is 4.79 Å². The average Bonchev–Trinajstić information content (AvgIpc) is 2.76. The van der Waals surface area contributed by atoms with Crippen LogP contribution >= 0.6 is 0 Å². The predicted molar refractivity (Wildman–Crippen MR) is 67.8 cm³/mol. The van der Waals surface area contributed by atoms with Crippen molar-refractivity contribution < 1.29 is 18.0 Å². The number of hydrogen-bond donors (Lipinski definition) is 1. The maximum atomic E-state index is 12.6. The van der Waals surface area contributed by atoms with E-state index in [1.165, 1.54) is 0 Å². The molecule has 19 heavy (non-hydrogen) atoms. The maximum Gasteiger partial charge on any atom is 0.406 e. The molecule has 0 bridgehead atoms. The van der Waals surface area contributed by atoms with Crippen LogP contribution in [-0.4, -0.2) is 43.2 Å². The van der Waals surface area contributed by atoms with Gasteiger partial charge >= 0.3 is 6.18 Å². The zero-order chi connectivity index (χ0) is 14.5. The number of nitrogens with one attached hydrogen (secondary N) is 1. The fraction of sp³-hybridized carbons (Fsp3) is 0.923. The van der Waals surface area contributed by atoms with Crippen LogP contribution < -0.4 is 5.32 Å². The Morgan fingerprint density at radius 2 is 2.00 bits per heavy atom. The summed E-state index contributed by atoms with van der Waals surface area (Å²) in [6.07, 6.45) is -1.70. The highest BCUT2D eigenvalue weighted by molar-refractivity contribution is 5.83. The lowest BCUT2D eigenvalue weighted by molar-refractivity contribution is -0.167. The van der Waals surface area contributed by atoms with Crippen LogP contribution in [0.15, 0.2) is 0 Å². The van der Waals surface area contributed by atoms with Crippen LogP contribution in [0.4, 0.5) is 13.2 Å². The lowest BCUT2D eigenvalue weighted by atomic mass is 9.81. The van der Waals surface area contributed by atoms with E-state index in [9.17, 15) is 18.0 Å². The summed E-state index contributed by atoms with van der Waals surface area (Å²) in [6, 6.07) is 0. The van der Waals surface area contributed by atoms with Gasteiger partial charge in [-0.2, -0.15) is 13.2 Å². The van der Waals surface area contributed by atoms with Crippen molar-refractivity contribution in [1.82, 2.24) is 10.2 Å². The highest BCUT2D eigenvalue weighted by atomic mass is 19.4. The molecule has 0 aromatic heterocycles. The Bertz CT molecular complexity index is 299. The summed E-state index contributed by atoms with van der Waals surface area (Å²) in [6.45, 7) is 3.99. The second-order valence-electron chi connectivity index (χ2n) is 5.30. The molecule has 1 heterocycles. The molecule has 0 aliphatic carbocycles. The van der Waals surface area contributed by atoms with Gasteiger partial charge in [0.05, 0.1) is 5.41 Å². The Morgan fingerprint density at radius 3 is 2.42 bits per heavy atom. The second kappa shape index (κ2) is 6.59. The van der Waals surface area contributed by atoms with Crippen LogP contribution in [0.5, 0.6) is 0 Å². The smallest absolute Gasteiger partial charge is 0.333 e. The van der Waals surface area contributed by atoms with Crippen LogP contribution in [0.1, 0.15) is 39.5 Å². The van der Waals surface area contributed by atoms with E-state index >= 15 is 0 Å². The summed E-state index contributed by atoms with van der Waals surface area (Å²) < 4.78 is 37.7. The highest BCUT2D eigenvalue weighted by Gasteiger charge is 2.44. The van der Waals surface area contributed by atoms with Crippen molar-refractivity contribution in [3.63, 3.8) is 0 Å². The third-order valence-corrected chi connectivity index (χ3v) is 3.58. The minimum absolute atomic E-state index is 0.170. The first-order chi connectivity index (χ1) is 8.84. The number of rotatable bonds is 6. The summed E-state index contributed by atoms with van der Waals surface area (Å²) in [5.41, 5.74) is -0.630. The molecule has 0 spiro atoms. The molecule has 3 nitrogen and oxygen atoms in total. The summed E-state index contributed by atoms with van der Waals surface area (Å²) in [7, 11) is 0. The van der Waals surface area contributed by atoms with E-state index in [4.69, 9.17) is 0 Å². The summed E-state index contributed by atoms with van der Waals surface area (Å²) >= 11 is 0. The highest BCUT2D eigenvalue weighted by Crippen LogP contribution is 2.34. The number of nitrogens with zero attached hydrogens (tertiary/aromatic N) is 1. The summed E-state index contributed by atoms with van der Waals surface area (Å²) in [5.74, 6) is -0.335. The molecular formula is C13H23F3N2O. The number of alkyl halides is 3. The van der Waals surface area contributed by atoms with Crippen molar-refractivity contribution in [3.8, 4) is 0 Å². The number of hydrogen-bond acceptors (Lipinski definition) is 2. The van der Waals surface area contributed by atoms with Gasteiger partial charge in [-0.25, -0.2) is 0 Å². The molecule has 0 aromatic carbocycles. The molecule has 1 aliphatic heterocycles. The first-order valence-corrected chi connectivity index (χ1v) is 6.91. The number of carbonyl (C=O) groups is 1. The minimum Gasteiger partial charge on any atom is -0.333 e. The van der Waals surface area contributed by atoms with Crippen molar-refractivity contribution >= 4 is 5.91 Å². The van der Waals surface area contributed by atoms with Crippen molar-refractivity contribution in [2.75, 3.05) is 26.2 Å². The molecule has 1 saturated heterocycles. The third-order valence-electron chi connectivity index (χ3n) is 3.58. The van der Waals surface area contributed by atoms with E-state index in [0.29, 0.717) is 32.4 Å². The molecule has 0 radical (unpaired) electrons. The van der Waals surface area contributed by atoms with E-state index in [1.807, 2.05) is 6.92 Å². The van der Waals surface area contributed by atoms with Crippen molar-refractivity contribution in [1.29, 1.82) is 0 Å². The number of carbonyl (C=O) groups excluding carboxylic acids is 1. The van der Waals surface area contributed by atoms with Gasteiger partial charge in [0.25, 0.3) is 0 Å². The zero-order valence-corrected chi connectivity index (χ0v) is 11.6. The first-order valence-electron chi connectivity index (χ1n) is 6.91. The molecule has 1 unspecified atom stereocenters. The van der Waals surface area contributed by atoms with Gasteiger partial charge in [-0.15, -0.1) is 0 Å². The van der Waals surface area contributed by atoms with Gasteiger partial charge < -0.3 is 10.2 Å². The molecule has 0 aromatic rings. The van der Waals surface area contributed by atoms with Gasteiger partial charge in [0.1, 0.15) is 6.54 Å². The monoisotopic (exact) mass is 280 g/mol. The van der Waals surface area contributed by atoms with Gasteiger partial charge in [-0.05, 0) is 25.8 Å². The van der Waals surface area contributed by atoms with E-state index in [1.54, 1.807) is 6.92 Å². The predicted octanol–water partition coefficient (Wildman–Crippen LogP) is 2.57. The Hall–Kier alpha value is -0.780. The number of amides is 1. The Balaban J connectivity index is 2.84. The van der Waals surface area contributed by atoms with Crippen molar-refractivity contribution in [3.05, 3.63) is 0 Å². The largest absolute Gasteiger partial charge is 0.406 e. The summed E-state index contributed by atoms with van der Waals surface area (Å²) in [5, 5.41) is 3.11. The lowest BCUT2D eigenvalue weighted by Crippen LogP contribution is -2.48. The van der Waals surface area contributed by atoms with Crippen LogP contribution in [0.25, 0.3) is 0 Å². The fourth-order valence-electron chi connectivity index (χ4n) is 2.80. The molecule has 0 saturated carbocycles. The fourth-order valence-corrected chi connectivity index (χ4v) is 2.80. The van der Waals surface area contributed by atoms with Crippen LogP contribution in [0, 0.1) is 5.41 Å².